The molecule has 0 unspecified atom stereocenters. The number of anilines is 2. The minimum atomic E-state index is -3.34. The minimum Gasteiger partial charge on any atom is -0.363 e. The van der Waals surface area contributed by atoms with Crippen LogP contribution in [0.4, 0.5) is 11.4 Å². The van der Waals surface area contributed by atoms with Crippen LogP contribution < -0.4 is 9.62 Å². The molecule has 0 radical (unpaired) electrons. The lowest BCUT2D eigenvalue weighted by atomic mass is 10.1. The first-order chi connectivity index (χ1) is 13.9. The third-order valence-corrected chi connectivity index (χ3v) is 6.02. The van der Waals surface area contributed by atoms with E-state index in [4.69, 9.17) is 0 Å². The van der Waals surface area contributed by atoms with E-state index in [2.05, 4.69) is 52.3 Å². The molecule has 0 aromatic heterocycles. The molecule has 4 nitrogen and oxygen atoms in total. The van der Waals surface area contributed by atoms with Gasteiger partial charge in [-0.15, -0.1) is 11.8 Å². The van der Waals surface area contributed by atoms with Gasteiger partial charge in [-0.25, -0.2) is 8.42 Å². The number of hydrogen-bond acceptors (Lipinski definition) is 4. The Kier molecular flexibility index (Phi) is 6.87. The number of sulfonamides is 1. The second kappa shape index (κ2) is 9.37. The summed E-state index contributed by atoms with van der Waals surface area (Å²) in [5.41, 5.74) is 4.94. The van der Waals surface area contributed by atoms with E-state index < -0.39 is 10.0 Å². The van der Waals surface area contributed by atoms with Crippen LogP contribution in [0, 0.1) is 6.92 Å². The van der Waals surface area contributed by atoms with Gasteiger partial charge in [0.25, 0.3) is 0 Å². The summed E-state index contributed by atoms with van der Waals surface area (Å²) in [7, 11) is -3.34. The summed E-state index contributed by atoms with van der Waals surface area (Å²) in [6.45, 7) is 3.42. The van der Waals surface area contributed by atoms with Gasteiger partial charge in [0.05, 0.1) is 11.9 Å². The molecule has 0 aliphatic carbocycles. The summed E-state index contributed by atoms with van der Waals surface area (Å²) in [5, 5.41) is 0. The Morgan fingerprint density at radius 3 is 2.07 bits per heavy atom. The molecule has 3 rings (SSSR count). The van der Waals surface area contributed by atoms with Gasteiger partial charge in [-0.1, -0.05) is 48.5 Å². The maximum atomic E-state index is 11.7. The first kappa shape index (κ1) is 21.3. The third kappa shape index (κ3) is 6.02. The van der Waals surface area contributed by atoms with Gasteiger partial charge in [-0.3, -0.25) is 4.72 Å². The zero-order valence-corrected chi connectivity index (χ0v) is 18.6. The van der Waals surface area contributed by atoms with E-state index >= 15 is 0 Å². The van der Waals surface area contributed by atoms with Crippen molar-refractivity contribution in [3.05, 3.63) is 89.5 Å². The molecule has 0 spiro atoms. The van der Waals surface area contributed by atoms with Gasteiger partial charge in [0.1, 0.15) is 0 Å². The molecule has 0 amide bonds. The second-order valence-corrected chi connectivity index (χ2v) is 9.64. The molecule has 1 N–H and O–H groups in total. The van der Waals surface area contributed by atoms with Gasteiger partial charge in [0, 0.05) is 23.7 Å². The fraction of sp³-hybridized carbons (Fsp3) is 0.217. The Hall–Kier alpha value is -2.44. The number of nitrogens with one attached hydrogen (secondary N) is 1. The van der Waals surface area contributed by atoms with Crippen LogP contribution in [0.25, 0.3) is 0 Å². The average molecular weight is 427 g/mol. The van der Waals surface area contributed by atoms with Gasteiger partial charge in [-0.05, 0) is 54.1 Å². The molecular formula is C23H26N2O2S2. The molecular weight excluding hydrogens is 400 g/mol. The summed E-state index contributed by atoms with van der Waals surface area (Å²) in [5.74, 6) is 0. The van der Waals surface area contributed by atoms with Gasteiger partial charge >= 0.3 is 0 Å². The highest BCUT2D eigenvalue weighted by Gasteiger charge is 2.15. The number of rotatable bonds is 8. The monoisotopic (exact) mass is 426 g/mol. The predicted molar refractivity (Wildman–Crippen MR) is 124 cm³/mol. The zero-order chi connectivity index (χ0) is 20.9. The van der Waals surface area contributed by atoms with Crippen molar-refractivity contribution in [2.75, 3.05) is 22.1 Å². The predicted octanol–water partition coefficient (Wildman–Crippen LogP) is 5.30. The van der Waals surface area contributed by atoms with Crippen molar-refractivity contribution >= 4 is 33.2 Å². The largest absolute Gasteiger partial charge is 0.363 e. The number of hydrogen-bond donors (Lipinski definition) is 1. The molecule has 0 bridgehead atoms. The van der Waals surface area contributed by atoms with Crippen molar-refractivity contribution in [2.24, 2.45) is 0 Å². The first-order valence-electron chi connectivity index (χ1n) is 9.35. The maximum absolute atomic E-state index is 11.7. The molecule has 0 saturated carbocycles. The highest BCUT2D eigenvalue weighted by molar-refractivity contribution is 7.98. The minimum absolute atomic E-state index is 0.612. The quantitative estimate of drug-likeness (QED) is 0.497. The lowest BCUT2D eigenvalue weighted by Gasteiger charge is -2.28. The van der Waals surface area contributed by atoms with E-state index in [1.54, 1.807) is 17.8 Å². The van der Waals surface area contributed by atoms with E-state index in [1.165, 1.54) is 22.3 Å². The maximum Gasteiger partial charge on any atom is 0.229 e. The lowest BCUT2D eigenvalue weighted by molar-refractivity contribution is 0.606. The molecule has 3 aromatic carbocycles. The van der Waals surface area contributed by atoms with Crippen LogP contribution in [-0.4, -0.2) is 20.9 Å². The second-order valence-electron chi connectivity index (χ2n) is 7.01. The number of benzene rings is 3. The van der Waals surface area contributed by atoms with Crippen molar-refractivity contribution in [1.29, 1.82) is 0 Å². The molecule has 0 aliphatic heterocycles. The molecule has 0 saturated heterocycles. The standard InChI is InChI=1S/C23H26N2O2S2/c1-18-22(24-29(3,26)27)10-7-11-23(18)25(16-19-8-5-4-6-9-19)17-20-12-14-21(28-2)15-13-20/h4-15,24H,16-17H2,1-3H3. The molecule has 0 aliphatic rings. The summed E-state index contributed by atoms with van der Waals surface area (Å²) in [6.07, 6.45) is 3.24. The molecule has 29 heavy (non-hydrogen) atoms. The Morgan fingerprint density at radius 1 is 0.862 bits per heavy atom. The molecule has 3 aromatic rings. The van der Waals surface area contributed by atoms with E-state index in [0.29, 0.717) is 5.69 Å². The SMILES string of the molecule is CSc1ccc(CN(Cc2ccccc2)c2cccc(NS(C)(=O)=O)c2C)cc1. The number of nitrogens with zero attached hydrogens (tertiary/aromatic N) is 1. The lowest BCUT2D eigenvalue weighted by Crippen LogP contribution is -2.23. The molecule has 6 heteroatoms. The number of thioether (sulfide) groups is 1. The average Bonchev–Trinajstić information content (AvgIpc) is 2.69. The Bertz CT molecular complexity index is 1050. The van der Waals surface area contributed by atoms with Crippen molar-refractivity contribution in [1.82, 2.24) is 0 Å². The van der Waals surface area contributed by atoms with Crippen LogP contribution in [0.15, 0.2) is 77.7 Å². The summed E-state index contributed by atoms with van der Waals surface area (Å²) in [4.78, 5) is 3.52. The summed E-state index contributed by atoms with van der Waals surface area (Å²) < 4.78 is 26.1. The van der Waals surface area contributed by atoms with E-state index in [9.17, 15) is 8.42 Å². The fourth-order valence-corrected chi connectivity index (χ4v) is 4.29. The summed E-state index contributed by atoms with van der Waals surface area (Å²) >= 11 is 1.73. The molecule has 0 fully saturated rings. The van der Waals surface area contributed by atoms with Gasteiger partial charge in [0.2, 0.25) is 10.0 Å². The van der Waals surface area contributed by atoms with Gasteiger partial charge < -0.3 is 4.90 Å². The Balaban J connectivity index is 1.96. The molecule has 0 heterocycles. The van der Waals surface area contributed by atoms with Gasteiger partial charge in [-0.2, -0.15) is 0 Å². The highest BCUT2D eigenvalue weighted by atomic mass is 32.2. The van der Waals surface area contributed by atoms with E-state index in [-0.39, 0.29) is 0 Å². The van der Waals surface area contributed by atoms with Crippen LogP contribution in [0.1, 0.15) is 16.7 Å². The van der Waals surface area contributed by atoms with Crippen LogP contribution in [0.5, 0.6) is 0 Å². The van der Waals surface area contributed by atoms with Crippen LogP contribution in [0.2, 0.25) is 0 Å². The summed E-state index contributed by atoms with van der Waals surface area (Å²) in [6, 6.07) is 24.6. The van der Waals surface area contributed by atoms with Crippen LogP contribution in [0.3, 0.4) is 0 Å². The van der Waals surface area contributed by atoms with E-state index in [0.717, 1.165) is 24.3 Å². The van der Waals surface area contributed by atoms with Crippen molar-refractivity contribution in [3.8, 4) is 0 Å². The van der Waals surface area contributed by atoms with Crippen LogP contribution >= 0.6 is 11.8 Å². The van der Waals surface area contributed by atoms with E-state index in [1.807, 2.05) is 37.3 Å². The van der Waals surface area contributed by atoms with Crippen LogP contribution in [-0.2, 0) is 23.1 Å². The van der Waals surface area contributed by atoms with Crippen molar-refractivity contribution in [3.63, 3.8) is 0 Å². The smallest absolute Gasteiger partial charge is 0.229 e. The molecule has 152 valence electrons. The van der Waals surface area contributed by atoms with Gasteiger partial charge in [0.15, 0.2) is 0 Å². The highest BCUT2D eigenvalue weighted by Crippen LogP contribution is 2.30. The van der Waals surface area contributed by atoms with Crippen molar-refractivity contribution in [2.45, 2.75) is 24.9 Å². The Morgan fingerprint density at radius 2 is 1.48 bits per heavy atom. The third-order valence-electron chi connectivity index (χ3n) is 4.69. The normalized spacial score (nSPS) is 11.3. The zero-order valence-electron chi connectivity index (χ0n) is 16.9. The first-order valence-corrected chi connectivity index (χ1v) is 12.5. The fourth-order valence-electron chi connectivity index (χ4n) is 3.26. The Labute approximate surface area is 178 Å². The van der Waals surface area contributed by atoms with Crippen molar-refractivity contribution < 1.29 is 8.42 Å². The molecule has 0 atom stereocenters. The topological polar surface area (TPSA) is 49.4 Å².